The van der Waals surface area contributed by atoms with Crippen molar-refractivity contribution in [1.29, 1.82) is 0 Å². The van der Waals surface area contributed by atoms with E-state index in [9.17, 15) is 4.79 Å². The first-order valence-electron chi connectivity index (χ1n) is 8.97. The Kier molecular flexibility index (Phi) is 4.41. The quantitative estimate of drug-likeness (QED) is 0.833. The van der Waals surface area contributed by atoms with E-state index < -0.39 is 5.60 Å². The van der Waals surface area contributed by atoms with Crippen LogP contribution < -0.4 is 0 Å². The third-order valence-corrected chi connectivity index (χ3v) is 5.37. The maximum absolute atomic E-state index is 13.0. The molecule has 1 aliphatic carbocycles. The van der Waals surface area contributed by atoms with Gasteiger partial charge in [0.05, 0.1) is 12.2 Å². The number of carbonyl (C=O) groups is 1. The van der Waals surface area contributed by atoms with Crippen LogP contribution in [0.3, 0.4) is 0 Å². The van der Waals surface area contributed by atoms with Gasteiger partial charge in [0, 0.05) is 6.54 Å². The zero-order chi connectivity index (χ0) is 17.5. The molecule has 5 heteroatoms. The van der Waals surface area contributed by atoms with Crippen LogP contribution in [0, 0.1) is 12.8 Å². The number of amides is 1. The second-order valence-corrected chi connectivity index (χ2v) is 8.39. The molecule has 1 amide bonds. The van der Waals surface area contributed by atoms with Crippen molar-refractivity contribution < 1.29 is 13.9 Å². The molecule has 1 aromatic rings. The molecule has 3 fully saturated rings. The molecule has 5 nitrogen and oxygen atoms in total. The first kappa shape index (κ1) is 17.3. The van der Waals surface area contributed by atoms with Crippen LogP contribution in [-0.2, 0) is 11.3 Å². The van der Waals surface area contributed by atoms with Crippen LogP contribution in [0.5, 0.6) is 0 Å². The van der Waals surface area contributed by atoms with Gasteiger partial charge in [0.1, 0.15) is 17.1 Å². The van der Waals surface area contributed by atoms with Crippen LogP contribution in [0.4, 0.5) is 4.79 Å². The first-order valence-corrected chi connectivity index (χ1v) is 8.97. The number of ether oxygens (including phenoxy) is 1. The number of hydrogen-bond acceptors (Lipinski definition) is 4. The van der Waals surface area contributed by atoms with Gasteiger partial charge in [-0.2, -0.15) is 0 Å². The van der Waals surface area contributed by atoms with Crippen LogP contribution in [0.15, 0.2) is 16.5 Å². The van der Waals surface area contributed by atoms with Gasteiger partial charge in [0.15, 0.2) is 0 Å². The van der Waals surface area contributed by atoms with Crippen molar-refractivity contribution in [3.8, 4) is 0 Å². The van der Waals surface area contributed by atoms with Crippen molar-refractivity contribution in [3.63, 3.8) is 0 Å². The average molecular weight is 334 g/mol. The molecular formula is C19H30N2O3. The smallest absolute Gasteiger partial charge is 0.412 e. The van der Waals surface area contributed by atoms with Gasteiger partial charge in [-0.05, 0) is 78.5 Å². The van der Waals surface area contributed by atoms with Gasteiger partial charge in [-0.15, -0.1) is 0 Å². The molecule has 0 unspecified atom stereocenters. The number of carbonyl (C=O) groups excluding carboxylic acids is 1. The van der Waals surface area contributed by atoms with Crippen LogP contribution >= 0.6 is 0 Å². The van der Waals surface area contributed by atoms with E-state index in [0.717, 1.165) is 36.8 Å². The largest absolute Gasteiger partial charge is 0.464 e. The lowest BCUT2D eigenvalue weighted by Gasteiger charge is -2.57. The number of fused-ring (bicyclic) bond motifs is 3. The molecule has 3 aliphatic rings. The van der Waals surface area contributed by atoms with Crippen molar-refractivity contribution in [2.45, 2.75) is 71.2 Å². The second kappa shape index (κ2) is 6.10. The third kappa shape index (κ3) is 3.32. The summed E-state index contributed by atoms with van der Waals surface area (Å²) in [6.07, 6.45) is 4.13. The summed E-state index contributed by atoms with van der Waals surface area (Å²) in [6.45, 7) is 9.18. The highest BCUT2D eigenvalue weighted by Crippen LogP contribution is 2.45. The molecule has 24 heavy (non-hydrogen) atoms. The molecule has 3 heterocycles. The SMILES string of the molecule is Cc1ccc(CN(C(=O)OC(C)(C)C)C23CCC(CC2)CN3C)o1. The summed E-state index contributed by atoms with van der Waals surface area (Å²) in [5.74, 6) is 2.45. The topological polar surface area (TPSA) is 45.9 Å². The molecule has 1 saturated carbocycles. The van der Waals surface area contributed by atoms with Gasteiger partial charge in [0.2, 0.25) is 0 Å². The second-order valence-electron chi connectivity index (χ2n) is 8.39. The molecule has 0 N–H and O–H groups in total. The van der Waals surface area contributed by atoms with Crippen molar-refractivity contribution in [2.75, 3.05) is 13.6 Å². The van der Waals surface area contributed by atoms with Crippen LogP contribution in [0.25, 0.3) is 0 Å². The number of furan rings is 1. The van der Waals surface area contributed by atoms with E-state index in [-0.39, 0.29) is 11.8 Å². The molecule has 0 radical (unpaired) electrons. The maximum Gasteiger partial charge on any atom is 0.412 e. The van der Waals surface area contributed by atoms with E-state index in [0.29, 0.717) is 6.54 Å². The molecule has 2 aliphatic heterocycles. The fourth-order valence-corrected chi connectivity index (χ4v) is 4.16. The third-order valence-electron chi connectivity index (χ3n) is 5.37. The molecule has 2 saturated heterocycles. The van der Waals surface area contributed by atoms with Crippen molar-refractivity contribution in [2.24, 2.45) is 5.92 Å². The monoisotopic (exact) mass is 334 g/mol. The summed E-state index contributed by atoms with van der Waals surface area (Å²) >= 11 is 0. The summed E-state index contributed by atoms with van der Waals surface area (Å²) in [4.78, 5) is 17.3. The Balaban J connectivity index is 1.90. The molecule has 0 spiro atoms. The molecule has 2 bridgehead atoms. The van der Waals surface area contributed by atoms with Crippen molar-refractivity contribution in [1.82, 2.24) is 9.80 Å². The minimum atomic E-state index is -0.504. The minimum Gasteiger partial charge on any atom is -0.464 e. The zero-order valence-corrected chi connectivity index (χ0v) is 15.6. The highest BCUT2D eigenvalue weighted by Gasteiger charge is 2.51. The number of rotatable bonds is 3. The molecule has 0 atom stereocenters. The standard InChI is InChI=1S/C19H30N2O3/c1-14-6-7-16(23-14)13-21(17(22)24-18(2,3)4)19-10-8-15(9-11-19)12-20(19)5/h6-7,15H,8-13H2,1-5H3. The molecule has 1 aromatic heterocycles. The highest BCUT2D eigenvalue weighted by atomic mass is 16.6. The highest BCUT2D eigenvalue weighted by molar-refractivity contribution is 5.69. The summed E-state index contributed by atoms with van der Waals surface area (Å²) in [7, 11) is 2.13. The van der Waals surface area contributed by atoms with Gasteiger partial charge in [-0.3, -0.25) is 9.80 Å². The Morgan fingerprint density at radius 1 is 1.38 bits per heavy atom. The zero-order valence-electron chi connectivity index (χ0n) is 15.6. The van der Waals surface area contributed by atoms with Gasteiger partial charge in [-0.25, -0.2) is 4.79 Å². The average Bonchev–Trinajstić information content (AvgIpc) is 2.89. The van der Waals surface area contributed by atoms with E-state index >= 15 is 0 Å². The number of hydrogen-bond donors (Lipinski definition) is 0. The van der Waals surface area contributed by atoms with E-state index in [4.69, 9.17) is 9.15 Å². The molecule has 4 rings (SSSR count). The van der Waals surface area contributed by atoms with Crippen molar-refractivity contribution >= 4 is 6.09 Å². The molecular weight excluding hydrogens is 304 g/mol. The minimum absolute atomic E-state index is 0.247. The van der Waals surface area contributed by atoms with E-state index in [1.165, 1.54) is 12.8 Å². The Hall–Kier alpha value is -1.49. The number of piperidine rings is 2. The summed E-state index contributed by atoms with van der Waals surface area (Å²) in [5.41, 5.74) is -0.757. The lowest BCUT2D eigenvalue weighted by molar-refractivity contribution is -0.126. The lowest BCUT2D eigenvalue weighted by atomic mass is 9.75. The van der Waals surface area contributed by atoms with Gasteiger partial charge >= 0.3 is 6.09 Å². The van der Waals surface area contributed by atoms with Gasteiger partial charge in [-0.1, -0.05) is 0 Å². The molecule has 0 aromatic carbocycles. The maximum atomic E-state index is 13.0. The van der Waals surface area contributed by atoms with E-state index in [1.54, 1.807) is 0 Å². The van der Waals surface area contributed by atoms with Gasteiger partial charge in [0.25, 0.3) is 0 Å². The first-order chi connectivity index (χ1) is 11.2. The molecule has 134 valence electrons. The predicted molar refractivity (Wildman–Crippen MR) is 92.5 cm³/mol. The Labute approximate surface area is 144 Å². The number of aryl methyl sites for hydroxylation is 1. The van der Waals surface area contributed by atoms with Gasteiger partial charge < -0.3 is 9.15 Å². The van der Waals surface area contributed by atoms with Crippen LogP contribution in [0.2, 0.25) is 0 Å². The summed E-state index contributed by atoms with van der Waals surface area (Å²) in [5, 5.41) is 0. The lowest BCUT2D eigenvalue weighted by Crippen LogP contribution is -2.67. The van der Waals surface area contributed by atoms with E-state index in [2.05, 4.69) is 11.9 Å². The summed E-state index contributed by atoms with van der Waals surface area (Å²) < 4.78 is 11.5. The Morgan fingerprint density at radius 3 is 2.54 bits per heavy atom. The Morgan fingerprint density at radius 2 is 2.04 bits per heavy atom. The fraction of sp³-hybridized carbons (Fsp3) is 0.737. The van der Waals surface area contributed by atoms with E-state index in [1.807, 2.05) is 44.7 Å². The predicted octanol–water partition coefficient (Wildman–Crippen LogP) is 4.16. The van der Waals surface area contributed by atoms with Crippen LogP contribution in [-0.4, -0.2) is 40.7 Å². The fourth-order valence-electron chi connectivity index (χ4n) is 4.16. The van der Waals surface area contributed by atoms with Crippen molar-refractivity contribution in [3.05, 3.63) is 23.7 Å². The normalized spacial score (nSPS) is 27.3. The summed E-state index contributed by atoms with van der Waals surface area (Å²) in [6, 6.07) is 3.90. The Bertz CT molecular complexity index is 594. The number of nitrogens with zero attached hydrogens (tertiary/aromatic N) is 2. The van der Waals surface area contributed by atoms with Crippen LogP contribution in [0.1, 0.15) is 58.0 Å².